The molecule has 0 spiro atoms. The molecule has 0 saturated carbocycles. The molecule has 5 aliphatic rings. The molecule has 5 rings (SSSR count). The van der Waals surface area contributed by atoms with E-state index < -0.39 is 0 Å². The summed E-state index contributed by atoms with van der Waals surface area (Å²) in [6, 6.07) is 0. The molecule has 5 aliphatic heterocycles. The second kappa shape index (κ2) is 8.98. The monoisotopic (exact) mass is 1070 g/mol. The van der Waals surface area contributed by atoms with E-state index in [9.17, 15) is 0 Å². The minimum Gasteiger partial charge on any atom is -0.665 e. The molecule has 10 heteroatoms. The van der Waals surface area contributed by atoms with Crippen molar-refractivity contribution in [1.29, 1.82) is 0 Å². The zero-order valence-electron chi connectivity index (χ0n) is 8.56. The topological polar surface area (TPSA) is 80.5 Å². The average Bonchev–Trinajstić information content (AvgIpc) is 2.48. The van der Waals surface area contributed by atoms with Crippen LogP contribution in [-0.4, -0.2) is 37.0 Å². The van der Waals surface area contributed by atoms with Gasteiger partial charge in [0.05, 0.1) is 0 Å². The summed E-state index contributed by atoms with van der Waals surface area (Å²) in [5.41, 5.74) is 0. The Hall–Kier alpha value is 5.53. The van der Waals surface area contributed by atoms with Crippen LogP contribution in [-0.2, 0) is 0 Å². The minimum absolute atomic E-state index is 0. The van der Waals surface area contributed by atoms with Gasteiger partial charge < -0.3 is 31.9 Å². The van der Waals surface area contributed by atoms with Gasteiger partial charge >= 0.3 is 0 Å². The van der Waals surface area contributed by atoms with E-state index in [0.717, 1.165) is 0 Å². The van der Waals surface area contributed by atoms with Gasteiger partial charge in [-0.1, -0.05) is 24.7 Å². The summed E-state index contributed by atoms with van der Waals surface area (Å²) in [5.74, 6) is 0. The first-order chi connectivity index (χ1) is 5.90. The molecule has 4 atom stereocenters. The van der Waals surface area contributed by atoms with Crippen molar-refractivity contribution < 1.29 is 176 Å². The molecular weight excluding hydrogens is 1060 g/mol. The van der Waals surface area contributed by atoms with E-state index in [-0.39, 0.29) is 213 Å². The molecule has 0 aromatic carbocycles. The summed E-state index contributed by atoms with van der Waals surface area (Å²) in [6.45, 7) is 0. The average molecular weight is 1070 g/mol. The van der Waals surface area contributed by atoms with Gasteiger partial charge in [-0.05, 0) is 0 Å². The third-order valence-corrected chi connectivity index (χ3v) is 2.80. The Morgan fingerprint density at radius 2 is 0.750 bits per heavy atom. The number of nitrogens with zero attached hydrogens (tertiary/aromatic N) is 4. The Labute approximate surface area is 238 Å². The summed E-state index contributed by atoms with van der Waals surface area (Å²) < 4.78 is 0. The first-order valence-electron chi connectivity index (χ1n) is 4.22. The van der Waals surface area contributed by atoms with Crippen molar-refractivity contribution in [2.45, 2.75) is 37.0 Å². The Morgan fingerprint density at radius 1 is 0.500 bits per heavy atom. The first kappa shape index (κ1) is 21.5. The largest absolute Gasteiger partial charge is 0.665 e. The standard InChI is InChI=1S/C6H8N6.4Ac/c7-1-2-8-5(7)6-9-3(11-1)4(10-6)12-2;;;;/h1-6,11-12H;;;;/q-4;;;;. The molecule has 4 radical (unpaired) electrons. The van der Waals surface area contributed by atoms with E-state index in [1.54, 1.807) is 0 Å². The summed E-state index contributed by atoms with van der Waals surface area (Å²) >= 11 is 0. The summed E-state index contributed by atoms with van der Waals surface area (Å²) in [5, 5.41) is 24.5. The molecule has 5 fully saturated rings. The SMILES string of the molecule is [Ac].[Ac].[Ac].[Ac].[N-]1C2[N-]C3NC4[N-]C2[N-]C4NC13. The fraction of sp³-hybridized carbons (Fsp3) is 1.00. The Kier molecular flexibility index (Phi) is 12.1. The van der Waals surface area contributed by atoms with Gasteiger partial charge in [0.15, 0.2) is 0 Å². The number of rotatable bonds is 0. The maximum absolute atomic E-state index is 4.46. The molecule has 16 heavy (non-hydrogen) atoms. The fourth-order valence-electron chi connectivity index (χ4n) is 2.26. The quantitative estimate of drug-likeness (QED) is 0.349. The number of piperazine rings is 1. The second-order valence-corrected chi connectivity index (χ2v) is 3.54. The Balaban J connectivity index is 0.000000562. The summed E-state index contributed by atoms with van der Waals surface area (Å²) in [4.78, 5) is 0. The number of nitrogens with one attached hydrogen (secondary N) is 2. The molecule has 0 aromatic heterocycles. The fourth-order valence-corrected chi connectivity index (χ4v) is 2.26. The van der Waals surface area contributed by atoms with Crippen LogP contribution in [0.15, 0.2) is 0 Å². The van der Waals surface area contributed by atoms with E-state index in [0.29, 0.717) is 0 Å². The molecule has 5 saturated heterocycles. The van der Waals surface area contributed by atoms with Crippen LogP contribution in [0.5, 0.6) is 0 Å². The molecule has 6 bridgehead atoms. The molecule has 0 amide bonds. The van der Waals surface area contributed by atoms with Gasteiger partial charge in [0.2, 0.25) is 0 Å². The van der Waals surface area contributed by atoms with Crippen LogP contribution in [0.1, 0.15) is 0 Å². The van der Waals surface area contributed by atoms with Gasteiger partial charge in [-0.15, -0.1) is 0 Å². The van der Waals surface area contributed by atoms with Crippen molar-refractivity contribution in [3.63, 3.8) is 0 Å². The third-order valence-electron chi connectivity index (χ3n) is 2.80. The molecule has 5 heterocycles. The van der Waals surface area contributed by atoms with Crippen LogP contribution < -0.4 is 10.6 Å². The number of hydrogen-bond acceptors (Lipinski definition) is 2. The van der Waals surface area contributed by atoms with Crippen LogP contribution in [0.4, 0.5) is 0 Å². The molecule has 4 unspecified atom stereocenters. The van der Waals surface area contributed by atoms with E-state index in [1.807, 2.05) is 0 Å². The predicted molar refractivity (Wildman–Crippen MR) is 42.4 cm³/mol. The molecule has 6 nitrogen and oxygen atoms in total. The maximum Gasteiger partial charge on any atom is 0 e. The molecule has 0 aromatic rings. The predicted octanol–water partition coefficient (Wildman–Crippen LogP) is -0.329. The third kappa shape index (κ3) is 3.89. The van der Waals surface area contributed by atoms with E-state index in [4.69, 9.17) is 0 Å². The zero-order valence-corrected chi connectivity index (χ0v) is 27.5. The molecule has 78 valence electrons. The van der Waals surface area contributed by atoms with Crippen LogP contribution in [0.3, 0.4) is 0 Å². The zero-order chi connectivity index (χ0) is 7.71. The minimum atomic E-state index is -0.0162. The molecular formula is C6H8Ac4N6-4. The number of hydrogen-bond donors (Lipinski definition) is 2. The van der Waals surface area contributed by atoms with Crippen LogP contribution >= 0.6 is 0 Å². The van der Waals surface area contributed by atoms with Crippen molar-refractivity contribution in [3.05, 3.63) is 21.3 Å². The van der Waals surface area contributed by atoms with Gasteiger partial charge in [-0.3, -0.25) is 12.3 Å². The van der Waals surface area contributed by atoms with Gasteiger partial charge in [-0.2, -0.15) is 0 Å². The first-order valence-corrected chi connectivity index (χ1v) is 4.22. The van der Waals surface area contributed by atoms with Crippen molar-refractivity contribution in [2.24, 2.45) is 0 Å². The van der Waals surface area contributed by atoms with Crippen molar-refractivity contribution in [1.82, 2.24) is 10.6 Å². The van der Waals surface area contributed by atoms with Gasteiger partial charge in [0, 0.05) is 176 Å². The Bertz CT molecular complexity index is 201. The van der Waals surface area contributed by atoms with E-state index in [1.165, 1.54) is 0 Å². The van der Waals surface area contributed by atoms with E-state index >= 15 is 0 Å². The summed E-state index contributed by atoms with van der Waals surface area (Å²) in [7, 11) is 0. The summed E-state index contributed by atoms with van der Waals surface area (Å²) in [6.07, 6.45) is 0.525. The van der Waals surface area contributed by atoms with Crippen molar-refractivity contribution >= 4 is 0 Å². The van der Waals surface area contributed by atoms with Crippen molar-refractivity contribution in [3.8, 4) is 0 Å². The second-order valence-electron chi connectivity index (χ2n) is 3.54. The molecule has 0 aliphatic carbocycles. The van der Waals surface area contributed by atoms with Crippen molar-refractivity contribution in [2.75, 3.05) is 0 Å². The maximum atomic E-state index is 4.46. The van der Waals surface area contributed by atoms with Gasteiger partial charge in [0.25, 0.3) is 0 Å². The van der Waals surface area contributed by atoms with Gasteiger partial charge in [0.1, 0.15) is 0 Å². The smallest absolute Gasteiger partial charge is 0 e. The van der Waals surface area contributed by atoms with Crippen LogP contribution in [0, 0.1) is 176 Å². The van der Waals surface area contributed by atoms with Crippen LogP contribution in [0.25, 0.3) is 21.3 Å². The Morgan fingerprint density at radius 3 is 1.00 bits per heavy atom. The van der Waals surface area contributed by atoms with Crippen LogP contribution in [0.2, 0.25) is 0 Å². The van der Waals surface area contributed by atoms with E-state index in [2.05, 4.69) is 31.9 Å². The molecule has 2 N–H and O–H groups in total. The normalized spacial score (nSPS) is 49.5. The van der Waals surface area contributed by atoms with Gasteiger partial charge in [-0.25, -0.2) is 0 Å².